The number of aryl methyl sites for hydroxylation is 1. The highest BCUT2D eigenvalue weighted by atomic mass is 16.3. The Kier molecular flexibility index (Phi) is 3.04. The van der Waals surface area contributed by atoms with E-state index in [-0.39, 0.29) is 11.7 Å². The van der Waals surface area contributed by atoms with E-state index in [0.717, 1.165) is 24.1 Å². The Morgan fingerprint density at radius 1 is 1.30 bits per heavy atom. The predicted octanol–water partition coefficient (Wildman–Crippen LogP) is 3.03. The van der Waals surface area contributed by atoms with Gasteiger partial charge in [-0.3, -0.25) is 4.79 Å². The van der Waals surface area contributed by atoms with Gasteiger partial charge in [-0.2, -0.15) is 0 Å². The number of imidazole rings is 1. The maximum atomic E-state index is 12.4. The summed E-state index contributed by atoms with van der Waals surface area (Å²) in [5, 5.41) is 12.6. The van der Waals surface area contributed by atoms with Crippen LogP contribution in [0.3, 0.4) is 0 Å². The summed E-state index contributed by atoms with van der Waals surface area (Å²) in [4.78, 5) is 21.1. The molecule has 0 spiro atoms. The number of nitrogens with zero attached hydrogens (tertiary/aromatic N) is 3. The van der Waals surface area contributed by atoms with E-state index in [1.807, 2.05) is 13.0 Å². The van der Waals surface area contributed by atoms with Gasteiger partial charge in [-0.15, -0.1) is 0 Å². The Bertz CT molecular complexity index is 912. The lowest BCUT2D eigenvalue weighted by Crippen LogP contribution is -2.12. The van der Waals surface area contributed by atoms with E-state index in [2.05, 4.69) is 19.9 Å². The molecule has 1 amide bonds. The SMILES string of the molecule is Cc1ccc(NC(=O)c2cnc3c(c2)ncn3C2CC2)c(O)c1. The number of hydrogen-bond donors (Lipinski definition) is 2. The van der Waals surface area contributed by atoms with Crippen LogP contribution in [0.4, 0.5) is 5.69 Å². The van der Waals surface area contributed by atoms with Crippen molar-refractivity contribution < 1.29 is 9.90 Å². The summed E-state index contributed by atoms with van der Waals surface area (Å²) in [7, 11) is 0. The van der Waals surface area contributed by atoms with Gasteiger partial charge in [0.15, 0.2) is 5.65 Å². The number of carbonyl (C=O) groups is 1. The van der Waals surface area contributed by atoms with Gasteiger partial charge in [0, 0.05) is 12.2 Å². The summed E-state index contributed by atoms with van der Waals surface area (Å²) < 4.78 is 2.06. The first kappa shape index (κ1) is 13.8. The number of amides is 1. The van der Waals surface area contributed by atoms with Crippen molar-refractivity contribution in [2.75, 3.05) is 5.32 Å². The van der Waals surface area contributed by atoms with E-state index in [4.69, 9.17) is 0 Å². The van der Waals surface area contributed by atoms with E-state index in [1.165, 1.54) is 0 Å². The minimum Gasteiger partial charge on any atom is -0.506 e. The molecule has 1 aliphatic rings. The molecule has 1 fully saturated rings. The molecule has 0 bridgehead atoms. The first-order valence-electron chi connectivity index (χ1n) is 7.55. The van der Waals surface area contributed by atoms with Crippen molar-refractivity contribution in [3.8, 4) is 5.75 Å². The number of fused-ring (bicyclic) bond motifs is 1. The molecular formula is C17H16N4O2. The zero-order chi connectivity index (χ0) is 16.0. The molecule has 0 atom stereocenters. The summed E-state index contributed by atoms with van der Waals surface area (Å²) in [5.41, 5.74) is 3.23. The maximum absolute atomic E-state index is 12.4. The number of nitrogens with one attached hydrogen (secondary N) is 1. The molecule has 2 aromatic heterocycles. The topological polar surface area (TPSA) is 80.0 Å². The second kappa shape index (κ2) is 5.08. The molecule has 6 heteroatoms. The van der Waals surface area contributed by atoms with Crippen LogP contribution in [0.2, 0.25) is 0 Å². The molecule has 1 aromatic carbocycles. The number of phenols is 1. The monoisotopic (exact) mass is 308 g/mol. The van der Waals surface area contributed by atoms with Crippen LogP contribution in [0.25, 0.3) is 11.2 Å². The number of aromatic hydroxyl groups is 1. The first-order valence-corrected chi connectivity index (χ1v) is 7.55. The molecule has 2 heterocycles. The quantitative estimate of drug-likeness (QED) is 0.729. The van der Waals surface area contributed by atoms with Gasteiger partial charge in [0.1, 0.15) is 11.3 Å². The molecule has 0 radical (unpaired) electrons. The number of pyridine rings is 1. The van der Waals surface area contributed by atoms with Crippen molar-refractivity contribution in [3.63, 3.8) is 0 Å². The maximum Gasteiger partial charge on any atom is 0.257 e. The average molecular weight is 308 g/mol. The van der Waals surface area contributed by atoms with Gasteiger partial charge in [-0.25, -0.2) is 9.97 Å². The minimum absolute atomic E-state index is 0.0467. The molecule has 6 nitrogen and oxygen atoms in total. The van der Waals surface area contributed by atoms with Gasteiger partial charge >= 0.3 is 0 Å². The van der Waals surface area contributed by atoms with Crippen molar-refractivity contribution >= 4 is 22.8 Å². The summed E-state index contributed by atoms with van der Waals surface area (Å²) in [5.74, 6) is -0.273. The predicted molar refractivity (Wildman–Crippen MR) is 86.6 cm³/mol. The number of benzene rings is 1. The summed E-state index contributed by atoms with van der Waals surface area (Å²) in [6.45, 7) is 1.87. The van der Waals surface area contributed by atoms with Gasteiger partial charge in [-0.05, 0) is 43.5 Å². The largest absolute Gasteiger partial charge is 0.506 e. The fraction of sp³-hybridized carbons (Fsp3) is 0.235. The van der Waals surface area contributed by atoms with Gasteiger partial charge in [0.2, 0.25) is 0 Å². The van der Waals surface area contributed by atoms with E-state index >= 15 is 0 Å². The number of aromatic nitrogens is 3. The molecule has 2 N–H and O–H groups in total. The number of anilines is 1. The van der Waals surface area contributed by atoms with Crippen LogP contribution in [0.15, 0.2) is 36.8 Å². The Hall–Kier alpha value is -2.89. The molecule has 1 saturated carbocycles. The van der Waals surface area contributed by atoms with Crippen molar-refractivity contribution in [1.82, 2.24) is 14.5 Å². The minimum atomic E-state index is -0.320. The van der Waals surface area contributed by atoms with Gasteiger partial charge < -0.3 is 15.0 Å². The lowest BCUT2D eigenvalue weighted by Gasteiger charge is -2.08. The number of carbonyl (C=O) groups excluding carboxylic acids is 1. The fourth-order valence-corrected chi connectivity index (χ4v) is 2.60. The molecule has 0 saturated heterocycles. The summed E-state index contributed by atoms with van der Waals surface area (Å²) in [6.07, 6.45) is 5.64. The molecule has 0 aliphatic heterocycles. The first-order chi connectivity index (χ1) is 11.1. The summed E-state index contributed by atoms with van der Waals surface area (Å²) >= 11 is 0. The van der Waals surface area contributed by atoms with Crippen LogP contribution in [-0.4, -0.2) is 25.5 Å². The smallest absolute Gasteiger partial charge is 0.257 e. The fourth-order valence-electron chi connectivity index (χ4n) is 2.60. The van der Waals surface area contributed by atoms with Crippen LogP contribution >= 0.6 is 0 Å². The third-order valence-electron chi connectivity index (χ3n) is 4.02. The van der Waals surface area contributed by atoms with Crippen molar-refractivity contribution in [3.05, 3.63) is 47.9 Å². The Morgan fingerprint density at radius 2 is 2.13 bits per heavy atom. The van der Waals surface area contributed by atoms with Gasteiger partial charge in [-0.1, -0.05) is 6.07 Å². The van der Waals surface area contributed by atoms with Crippen LogP contribution in [0, 0.1) is 6.92 Å². The van der Waals surface area contributed by atoms with E-state index in [9.17, 15) is 9.90 Å². The molecule has 116 valence electrons. The van der Waals surface area contributed by atoms with Gasteiger partial charge in [0.05, 0.1) is 17.6 Å². The average Bonchev–Trinajstić information content (AvgIpc) is 3.29. The molecule has 3 aromatic rings. The highest BCUT2D eigenvalue weighted by molar-refractivity contribution is 6.06. The lowest BCUT2D eigenvalue weighted by molar-refractivity contribution is 0.102. The Labute approximate surface area is 132 Å². The van der Waals surface area contributed by atoms with Gasteiger partial charge in [0.25, 0.3) is 5.91 Å². The van der Waals surface area contributed by atoms with Crippen LogP contribution < -0.4 is 5.32 Å². The highest BCUT2D eigenvalue weighted by Gasteiger charge is 2.25. The standard InChI is InChI=1S/C17H16N4O2/c1-10-2-5-13(15(22)6-10)20-17(23)11-7-14-16(18-8-11)21(9-19-14)12-3-4-12/h2,5-9,12,22H,3-4H2,1H3,(H,20,23). The zero-order valence-corrected chi connectivity index (χ0v) is 12.7. The lowest BCUT2D eigenvalue weighted by atomic mass is 10.2. The Balaban J connectivity index is 1.61. The molecule has 4 rings (SSSR count). The van der Waals surface area contributed by atoms with E-state index in [0.29, 0.717) is 22.8 Å². The number of hydrogen-bond acceptors (Lipinski definition) is 4. The second-order valence-corrected chi connectivity index (χ2v) is 5.92. The van der Waals surface area contributed by atoms with Crippen molar-refractivity contribution in [1.29, 1.82) is 0 Å². The molecule has 0 unspecified atom stereocenters. The third-order valence-corrected chi connectivity index (χ3v) is 4.02. The number of rotatable bonds is 3. The van der Waals surface area contributed by atoms with Crippen molar-refractivity contribution in [2.45, 2.75) is 25.8 Å². The highest BCUT2D eigenvalue weighted by Crippen LogP contribution is 2.36. The van der Waals surface area contributed by atoms with E-state index < -0.39 is 0 Å². The molecule has 23 heavy (non-hydrogen) atoms. The van der Waals surface area contributed by atoms with E-state index in [1.54, 1.807) is 30.7 Å². The second-order valence-electron chi connectivity index (χ2n) is 5.92. The third kappa shape index (κ3) is 2.52. The van der Waals surface area contributed by atoms with Crippen LogP contribution in [-0.2, 0) is 0 Å². The Morgan fingerprint density at radius 3 is 2.87 bits per heavy atom. The van der Waals surface area contributed by atoms with Crippen LogP contribution in [0.1, 0.15) is 34.8 Å². The number of phenolic OH excluding ortho intramolecular Hbond substituents is 1. The normalized spacial score (nSPS) is 14.1. The molecule has 1 aliphatic carbocycles. The molecular weight excluding hydrogens is 292 g/mol. The zero-order valence-electron chi connectivity index (χ0n) is 12.7. The summed E-state index contributed by atoms with van der Waals surface area (Å²) in [6, 6.07) is 7.33. The van der Waals surface area contributed by atoms with Crippen LogP contribution in [0.5, 0.6) is 5.75 Å². The van der Waals surface area contributed by atoms with Crippen molar-refractivity contribution in [2.24, 2.45) is 0 Å².